The average molecular weight is 374 g/mol. The number of para-hydroxylation sites is 1. The van der Waals surface area contributed by atoms with Crippen LogP contribution in [0.25, 0.3) is 16.5 Å². The molecule has 6 nitrogen and oxygen atoms in total. The zero-order valence-corrected chi connectivity index (χ0v) is 15.2. The molecule has 1 aromatic heterocycles. The summed E-state index contributed by atoms with van der Waals surface area (Å²) in [6.07, 6.45) is -0.00923. The second kappa shape index (κ2) is 7.56. The minimum atomic E-state index is -0.551. The van der Waals surface area contributed by atoms with Crippen LogP contribution in [0.5, 0.6) is 0 Å². The molecule has 2 aromatic carbocycles. The van der Waals surface area contributed by atoms with Crippen molar-refractivity contribution in [2.24, 2.45) is 0 Å². The number of aromatic nitrogens is 1. The minimum absolute atomic E-state index is 0.121. The molecule has 140 valence electrons. The molecule has 4 rings (SSSR count). The second-order valence-electron chi connectivity index (χ2n) is 6.42. The van der Waals surface area contributed by atoms with Gasteiger partial charge in [-0.15, -0.1) is 0 Å². The van der Waals surface area contributed by atoms with E-state index in [9.17, 15) is 9.59 Å². The first-order valence-corrected chi connectivity index (χ1v) is 8.83. The maximum absolute atomic E-state index is 12.6. The van der Waals surface area contributed by atoms with Gasteiger partial charge in [0.25, 0.3) is 5.91 Å². The summed E-state index contributed by atoms with van der Waals surface area (Å²) >= 11 is 0. The summed E-state index contributed by atoms with van der Waals surface area (Å²) in [5.41, 5.74) is 5.69. The van der Waals surface area contributed by atoms with Crippen molar-refractivity contribution in [2.45, 2.75) is 12.5 Å². The number of hydrogen-bond donors (Lipinski definition) is 2. The number of rotatable bonds is 5. The van der Waals surface area contributed by atoms with Crippen LogP contribution in [0.15, 0.2) is 72.0 Å². The highest BCUT2D eigenvalue weighted by Gasteiger charge is 2.37. The Morgan fingerprint density at radius 2 is 1.93 bits per heavy atom. The van der Waals surface area contributed by atoms with Gasteiger partial charge in [0.1, 0.15) is 11.7 Å². The fraction of sp³-hybridized carbons (Fsp3) is 0.136. The molecule has 2 heterocycles. The summed E-state index contributed by atoms with van der Waals surface area (Å²) in [5, 5.41) is 0.999. The van der Waals surface area contributed by atoms with Crippen LogP contribution < -0.4 is 5.48 Å². The standard InChI is InChI=1S/C22H18N2O4/c1-27-24-22(26)21-19(13-25)28-18(11-14-7-3-2-4-8-14)20(21)17-12-15-9-5-6-10-16(15)23-17/h2-10,12,18,23H,11H2,1H3,(H,24,26). The number of hydroxylamine groups is 1. The zero-order valence-electron chi connectivity index (χ0n) is 15.2. The molecule has 0 saturated carbocycles. The van der Waals surface area contributed by atoms with Crippen LogP contribution in [0.1, 0.15) is 11.3 Å². The van der Waals surface area contributed by atoms with Gasteiger partial charge >= 0.3 is 0 Å². The van der Waals surface area contributed by atoms with Crippen LogP contribution in [0.2, 0.25) is 0 Å². The molecule has 6 heteroatoms. The van der Waals surface area contributed by atoms with Crippen molar-refractivity contribution in [1.29, 1.82) is 0 Å². The molecule has 0 saturated heterocycles. The lowest BCUT2D eigenvalue weighted by Gasteiger charge is -2.14. The average Bonchev–Trinajstić information content (AvgIpc) is 3.29. The smallest absolute Gasteiger partial charge is 0.279 e. The number of carbonyl (C=O) groups excluding carboxylic acids is 2. The first-order chi connectivity index (χ1) is 13.7. The van der Waals surface area contributed by atoms with Gasteiger partial charge in [-0.2, -0.15) is 0 Å². The Balaban J connectivity index is 1.86. The van der Waals surface area contributed by atoms with Crippen molar-refractivity contribution < 1.29 is 19.2 Å². The van der Waals surface area contributed by atoms with E-state index in [2.05, 4.69) is 10.5 Å². The third-order valence-electron chi connectivity index (χ3n) is 4.68. The van der Waals surface area contributed by atoms with Crippen molar-refractivity contribution in [3.8, 4) is 0 Å². The second-order valence-corrected chi connectivity index (χ2v) is 6.42. The molecular weight excluding hydrogens is 356 g/mol. The van der Waals surface area contributed by atoms with Gasteiger partial charge in [-0.3, -0.25) is 9.63 Å². The number of nitrogens with one attached hydrogen (secondary N) is 2. The van der Waals surface area contributed by atoms with Gasteiger partial charge in [0.15, 0.2) is 5.94 Å². The summed E-state index contributed by atoms with van der Waals surface area (Å²) in [6.45, 7) is 0. The quantitative estimate of drug-likeness (QED) is 0.532. The van der Waals surface area contributed by atoms with Crippen LogP contribution >= 0.6 is 0 Å². The van der Waals surface area contributed by atoms with Crippen molar-refractivity contribution >= 4 is 28.3 Å². The zero-order chi connectivity index (χ0) is 19.5. The van der Waals surface area contributed by atoms with Gasteiger partial charge in [0, 0.05) is 23.2 Å². The Hall–Kier alpha value is -3.60. The highest BCUT2D eigenvalue weighted by Crippen LogP contribution is 2.38. The number of ether oxygens (including phenoxy) is 1. The first-order valence-electron chi connectivity index (χ1n) is 8.83. The number of hydrogen-bond acceptors (Lipinski definition) is 4. The normalized spacial score (nSPS) is 16.2. The third-order valence-corrected chi connectivity index (χ3v) is 4.68. The minimum Gasteiger partial charge on any atom is -0.474 e. The lowest BCUT2D eigenvalue weighted by molar-refractivity contribution is -0.127. The van der Waals surface area contributed by atoms with E-state index < -0.39 is 12.0 Å². The number of H-pyrrole nitrogens is 1. The molecular formula is C22H18N2O4. The summed E-state index contributed by atoms with van der Waals surface area (Å²) < 4.78 is 5.84. The highest BCUT2D eigenvalue weighted by atomic mass is 16.6. The predicted octanol–water partition coefficient (Wildman–Crippen LogP) is 2.96. The van der Waals surface area contributed by atoms with Crippen molar-refractivity contribution in [3.63, 3.8) is 0 Å². The molecule has 0 fully saturated rings. The van der Waals surface area contributed by atoms with E-state index in [1.807, 2.05) is 60.7 Å². The van der Waals surface area contributed by atoms with E-state index in [0.29, 0.717) is 17.7 Å². The monoisotopic (exact) mass is 374 g/mol. The number of aromatic amines is 1. The van der Waals surface area contributed by atoms with Gasteiger partial charge in [0.2, 0.25) is 5.76 Å². The van der Waals surface area contributed by atoms with E-state index in [1.54, 1.807) is 5.94 Å². The molecule has 0 radical (unpaired) electrons. The number of carbonyl (C=O) groups is 1. The van der Waals surface area contributed by atoms with Crippen LogP contribution in [-0.2, 0) is 25.6 Å². The number of fused-ring (bicyclic) bond motifs is 1. The Bertz CT molecular complexity index is 1070. The van der Waals surface area contributed by atoms with Gasteiger partial charge in [-0.05, 0) is 23.1 Å². The van der Waals surface area contributed by atoms with Crippen molar-refractivity contribution in [2.75, 3.05) is 7.11 Å². The number of amides is 1. The Labute approximate surface area is 161 Å². The fourth-order valence-corrected chi connectivity index (χ4v) is 3.49. The van der Waals surface area contributed by atoms with Crippen LogP contribution in [-0.4, -0.2) is 30.0 Å². The maximum Gasteiger partial charge on any atom is 0.279 e. The van der Waals surface area contributed by atoms with E-state index in [4.69, 9.17) is 9.57 Å². The van der Waals surface area contributed by atoms with Crippen LogP contribution in [0, 0.1) is 0 Å². The van der Waals surface area contributed by atoms with Crippen molar-refractivity contribution in [1.82, 2.24) is 10.5 Å². The lowest BCUT2D eigenvalue weighted by atomic mass is 9.96. The van der Waals surface area contributed by atoms with Gasteiger partial charge in [-0.25, -0.2) is 10.3 Å². The molecule has 1 amide bonds. The SMILES string of the molecule is CONC(=O)C1=C(c2cc3ccccc3[nH]2)C(Cc2ccccc2)OC1=C=O. The molecule has 3 aromatic rings. The summed E-state index contributed by atoms with van der Waals surface area (Å²) in [5.74, 6) is 1.09. The summed E-state index contributed by atoms with van der Waals surface area (Å²) in [4.78, 5) is 32.2. The van der Waals surface area contributed by atoms with Crippen LogP contribution in [0.4, 0.5) is 0 Å². The highest BCUT2D eigenvalue weighted by molar-refractivity contribution is 6.08. The predicted molar refractivity (Wildman–Crippen MR) is 105 cm³/mol. The van der Waals surface area contributed by atoms with E-state index in [1.165, 1.54) is 7.11 Å². The van der Waals surface area contributed by atoms with E-state index in [0.717, 1.165) is 16.5 Å². The van der Waals surface area contributed by atoms with Gasteiger partial charge < -0.3 is 9.72 Å². The first kappa shape index (κ1) is 17.8. The lowest BCUT2D eigenvalue weighted by Crippen LogP contribution is -2.24. The number of benzene rings is 2. The fourth-order valence-electron chi connectivity index (χ4n) is 3.49. The van der Waals surface area contributed by atoms with Gasteiger partial charge in [-0.1, -0.05) is 48.5 Å². The molecule has 0 spiro atoms. The molecule has 2 N–H and O–H groups in total. The van der Waals surface area contributed by atoms with E-state index in [-0.39, 0.29) is 11.3 Å². The molecule has 1 atom stereocenters. The largest absolute Gasteiger partial charge is 0.474 e. The van der Waals surface area contributed by atoms with E-state index >= 15 is 0 Å². The molecule has 28 heavy (non-hydrogen) atoms. The molecule has 0 bridgehead atoms. The molecule has 0 aliphatic carbocycles. The Morgan fingerprint density at radius 3 is 2.64 bits per heavy atom. The van der Waals surface area contributed by atoms with Crippen molar-refractivity contribution in [3.05, 3.63) is 83.3 Å². The topological polar surface area (TPSA) is 80.4 Å². The molecule has 1 aliphatic rings. The van der Waals surface area contributed by atoms with Gasteiger partial charge in [0.05, 0.1) is 7.11 Å². The summed E-state index contributed by atoms with van der Waals surface area (Å²) in [6, 6.07) is 19.5. The maximum atomic E-state index is 12.6. The Kier molecular flexibility index (Phi) is 4.81. The molecule has 1 aliphatic heterocycles. The Morgan fingerprint density at radius 1 is 1.18 bits per heavy atom. The van der Waals surface area contributed by atoms with Crippen LogP contribution in [0.3, 0.4) is 0 Å². The summed E-state index contributed by atoms with van der Waals surface area (Å²) in [7, 11) is 1.34. The molecule has 1 unspecified atom stereocenters. The third kappa shape index (κ3) is 3.22.